The quantitative estimate of drug-likeness (QED) is 0.458. The zero-order valence-electron chi connectivity index (χ0n) is 22.7. The molecule has 1 atom stereocenters. The van der Waals surface area contributed by atoms with E-state index in [-0.39, 0.29) is 30.3 Å². The maximum atomic E-state index is 13.9. The molecule has 0 aromatic heterocycles. The molecule has 2 aliphatic rings. The van der Waals surface area contributed by atoms with Gasteiger partial charge in [0.05, 0.1) is 43.3 Å². The Bertz CT molecular complexity index is 1340. The zero-order chi connectivity index (χ0) is 28.3. The second-order valence-electron chi connectivity index (χ2n) is 9.96. The van der Waals surface area contributed by atoms with E-state index in [4.69, 9.17) is 21.1 Å². The summed E-state index contributed by atoms with van der Waals surface area (Å²) in [5.41, 5.74) is 1.79. The number of sulfone groups is 1. The van der Waals surface area contributed by atoms with Crippen LogP contribution in [0.25, 0.3) is 0 Å². The SMILES string of the molecule is CCOc1cc(C(CS(C)(=O)=O)N2Cc3c(Cl)ccc(NC(=O)CN4CCN(C)CC4)c3C2=O)ccc1OC. The summed E-state index contributed by atoms with van der Waals surface area (Å²) < 4.78 is 36.0. The van der Waals surface area contributed by atoms with Crippen molar-refractivity contribution in [2.24, 2.45) is 0 Å². The lowest BCUT2D eigenvalue weighted by Crippen LogP contribution is -2.47. The van der Waals surface area contributed by atoms with E-state index in [0.29, 0.717) is 39.9 Å². The first kappa shape index (κ1) is 29.1. The Balaban J connectivity index is 1.63. The second kappa shape index (κ2) is 12.1. The molecule has 0 bridgehead atoms. The predicted octanol–water partition coefficient (Wildman–Crippen LogP) is 2.67. The molecule has 1 unspecified atom stereocenters. The van der Waals surface area contributed by atoms with Crippen LogP contribution < -0.4 is 14.8 Å². The standard InChI is InChI=1S/C27H35ClN4O6S/c1-5-38-24-14-18(6-9-23(24)37-3)22(17-39(4,35)36)32-15-19-20(28)7-8-21(26(19)27(32)34)29-25(33)16-31-12-10-30(2)11-13-31/h6-9,14,22H,5,10-13,15-17H2,1-4H3,(H,29,33). The number of anilines is 1. The van der Waals surface area contributed by atoms with Gasteiger partial charge in [0.15, 0.2) is 11.5 Å². The van der Waals surface area contributed by atoms with E-state index in [2.05, 4.69) is 15.1 Å². The highest BCUT2D eigenvalue weighted by atomic mass is 35.5. The Labute approximate surface area is 234 Å². The van der Waals surface area contributed by atoms with Gasteiger partial charge in [-0.1, -0.05) is 17.7 Å². The zero-order valence-corrected chi connectivity index (χ0v) is 24.3. The molecule has 4 rings (SSSR count). The van der Waals surface area contributed by atoms with Crippen LogP contribution in [0.5, 0.6) is 11.5 Å². The number of halogens is 1. The van der Waals surface area contributed by atoms with Crippen LogP contribution in [-0.2, 0) is 21.2 Å². The first-order chi connectivity index (χ1) is 18.5. The van der Waals surface area contributed by atoms with E-state index in [9.17, 15) is 18.0 Å². The number of amides is 2. The molecule has 2 amide bonds. The Morgan fingerprint density at radius 3 is 2.49 bits per heavy atom. The third-order valence-electron chi connectivity index (χ3n) is 7.01. The Kier molecular flexibility index (Phi) is 9.05. The minimum atomic E-state index is -3.50. The van der Waals surface area contributed by atoms with Gasteiger partial charge in [0.25, 0.3) is 5.91 Å². The number of piperazine rings is 1. The minimum absolute atomic E-state index is 0.103. The van der Waals surface area contributed by atoms with Crippen LogP contribution in [0, 0.1) is 0 Å². The van der Waals surface area contributed by atoms with Gasteiger partial charge in [0, 0.05) is 49.6 Å². The molecule has 2 aromatic rings. The van der Waals surface area contributed by atoms with Gasteiger partial charge >= 0.3 is 0 Å². The van der Waals surface area contributed by atoms with Crippen molar-refractivity contribution < 1.29 is 27.5 Å². The van der Waals surface area contributed by atoms with Crippen molar-refractivity contribution >= 4 is 38.9 Å². The number of hydrogen-bond donors (Lipinski definition) is 1. The molecule has 1 N–H and O–H groups in total. The first-order valence-corrected chi connectivity index (χ1v) is 15.3. The summed E-state index contributed by atoms with van der Waals surface area (Å²) in [4.78, 5) is 32.5. The van der Waals surface area contributed by atoms with Crippen LogP contribution in [0.3, 0.4) is 0 Å². The van der Waals surface area contributed by atoms with Crippen molar-refractivity contribution in [2.75, 3.05) is 70.8 Å². The number of rotatable bonds is 10. The summed E-state index contributed by atoms with van der Waals surface area (Å²) in [5.74, 6) is 0.0374. The summed E-state index contributed by atoms with van der Waals surface area (Å²) in [5, 5.41) is 3.27. The van der Waals surface area contributed by atoms with E-state index < -0.39 is 21.8 Å². The summed E-state index contributed by atoms with van der Waals surface area (Å²) in [6.07, 6.45) is 1.14. The fraction of sp³-hybridized carbons (Fsp3) is 0.481. The van der Waals surface area contributed by atoms with Gasteiger partial charge in [-0.15, -0.1) is 0 Å². The van der Waals surface area contributed by atoms with Crippen LogP contribution in [-0.4, -0.2) is 100 Å². The lowest BCUT2D eigenvalue weighted by molar-refractivity contribution is -0.117. The maximum absolute atomic E-state index is 13.9. The fourth-order valence-electron chi connectivity index (χ4n) is 4.98. The highest BCUT2D eigenvalue weighted by Crippen LogP contribution is 2.40. The molecule has 0 radical (unpaired) electrons. The van der Waals surface area contributed by atoms with Crippen LogP contribution in [0.2, 0.25) is 5.02 Å². The van der Waals surface area contributed by atoms with Crippen LogP contribution in [0.4, 0.5) is 5.69 Å². The number of ether oxygens (including phenoxy) is 2. The minimum Gasteiger partial charge on any atom is -0.493 e. The van der Waals surface area contributed by atoms with Crippen molar-refractivity contribution in [1.29, 1.82) is 0 Å². The Morgan fingerprint density at radius 2 is 1.85 bits per heavy atom. The van der Waals surface area contributed by atoms with E-state index in [1.807, 2.05) is 14.0 Å². The van der Waals surface area contributed by atoms with E-state index in [1.54, 1.807) is 30.3 Å². The monoisotopic (exact) mass is 578 g/mol. The molecule has 0 saturated carbocycles. The lowest BCUT2D eigenvalue weighted by Gasteiger charge is -2.31. The van der Waals surface area contributed by atoms with Crippen LogP contribution >= 0.6 is 11.6 Å². The number of hydrogen-bond acceptors (Lipinski definition) is 8. The van der Waals surface area contributed by atoms with E-state index in [1.165, 1.54) is 12.0 Å². The van der Waals surface area contributed by atoms with Crippen LogP contribution in [0.1, 0.15) is 34.5 Å². The fourth-order valence-corrected chi connectivity index (χ4v) is 6.15. The van der Waals surface area contributed by atoms with Crippen molar-refractivity contribution in [3.8, 4) is 11.5 Å². The average Bonchev–Trinajstić information content (AvgIpc) is 3.23. The van der Waals surface area contributed by atoms with Gasteiger partial charge in [-0.25, -0.2) is 8.42 Å². The van der Waals surface area contributed by atoms with Gasteiger partial charge in [-0.05, 0) is 43.8 Å². The van der Waals surface area contributed by atoms with Gasteiger partial charge in [0.2, 0.25) is 5.91 Å². The van der Waals surface area contributed by atoms with Crippen LogP contribution in [0.15, 0.2) is 30.3 Å². The molecule has 212 valence electrons. The van der Waals surface area contributed by atoms with Gasteiger partial charge in [-0.3, -0.25) is 14.5 Å². The van der Waals surface area contributed by atoms with Crippen molar-refractivity contribution in [3.05, 3.63) is 52.0 Å². The summed E-state index contributed by atoms with van der Waals surface area (Å²) in [6.45, 7) is 5.88. The van der Waals surface area contributed by atoms with Gasteiger partial charge in [-0.2, -0.15) is 0 Å². The molecule has 1 fully saturated rings. The van der Waals surface area contributed by atoms with Crippen molar-refractivity contribution in [1.82, 2.24) is 14.7 Å². The lowest BCUT2D eigenvalue weighted by atomic mass is 10.1. The normalized spacial score (nSPS) is 17.2. The molecular formula is C27H35ClN4O6S. The number of methoxy groups -OCH3 is 1. The third-order valence-corrected chi connectivity index (χ3v) is 8.28. The molecule has 39 heavy (non-hydrogen) atoms. The largest absolute Gasteiger partial charge is 0.493 e. The molecule has 2 aromatic carbocycles. The summed E-state index contributed by atoms with van der Waals surface area (Å²) in [6, 6.07) is 7.59. The molecule has 12 heteroatoms. The number of fused-ring (bicyclic) bond motifs is 1. The molecule has 2 aliphatic heterocycles. The number of carbonyl (C=O) groups is 2. The number of nitrogens with one attached hydrogen (secondary N) is 1. The number of nitrogens with zero attached hydrogens (tertiary/aromatic N) is 3. The molecule has 0 aliphatic carbocycles. The maximum Gasteiger partial charge on any atom is 0.257 e. The van der Waals surface area contributed by atoms with Gasteiger partial charge in [0.1, 0.15) is 9.84 Å². The number of likely N-dealkylation sites (N-methyl/N-ethyl adjacent to an activating group) is 1. The molecule has 0 spiro atoms. The second-order valence-corrected chi connectivity index (χ2v) is 12.6. The average molecular weight is 579 g/mol. The summed E-state index contributed by atoms with van der Waals surface area (Å²) in [7, 11) is 0.0718. The number of carbonyl (C=O) groups excluding carboxylic acids is 2. The third kappa shape index (κ3) is 6.84. The van der Waals surface area contributed by atoms with Crippen molar-refractivity contribution in [2.45, 2.75) is 19.5 Å². The smallest absolute Gasteiger partial charge is 0.257 e. The molecule has 1 saturated heterocycles. The predicted molar refractivity (Wildman–Crippen MR) is 151 cm³/mol. The van der Waals surface area contributed by atoms with Gasteiger partial charge < -0.3 is 24.6 Å². The molecule has 2 heterocycles. The Morgan fingerprint density at radius 1 is 1.13 bits per heavy atom. The molecular weight excluding hydrogens is 544 g/mol. The van der Waals surface area contributed by atoms with E-state index >= 15 is 0 Å². The summed E-state index contributed by atoms with van der Waals surface area (Å²) >= 11 is 6.51. The Hall–Kier alpha value is -2.86. The first-order valence-electron chi connectivity index (χ1n) is 12.8. The number of benzene rings is 2. The van der Waals surface area contributed by atoms with Crippen molar-refractivity contribution in [3.63, 3.8) is 0 Å². The van der Waals surface area contributed by atoms with E-state index in [0.717, 1.165) is 32.4 Å². The highest BCUT2D eigenvalue weighted by molar-refractivity contribution is 7.90. The topological polar surface area (TPSA) is 108 Å². The highest BCUT2D eigenvalue weighted by Gasteiger charge is 2.38. The molecule has 10 nitrogen and oxygen atoms in total.